The van der Waals surface area contributed by atoms with Crippen molar-refractivity contribution in [2.45, 2.75) is 83.5 Å². The van der Waals surface area contributed by atoms with Crippen molar-refractivity contribution in [2.24, 2.45) is 5.41 Å². The highest BCUT2D eigenvalue weighted by molar-refractivity contribution is 7.88. The topological polar surface area (TPSA) is 122 Å². The SMILES string of the molecule is Cc1cc(CCC(=O)N2CCC3(CCCCCc4ccccc4OCCNC3=O)CC2)nc(C2CCCN(S(C)(=O)=O)C2)n1. The van der Waals surface area contributed by atoms with Crippen LogP contribution in [0, 0.1) is 12.3 Å². The van der Waals surface area contributed by atoms with Crippen molar-refractivity contribution >= 4 is 21.8 Å². The van der Waals surface area contributed by atoms with E-state index in [-0.39, 0.29) is 17.7 Å². The molecule has 2 fully saturated rings. The van der Waals surface area contributed by atoms with Gasteiger partial charge in [0.05, 0.1) is 18.2 Å². The van der Waals surface area contributed by atoms with E-state index in [1.807, 2.05) is 36.1 Å². The Balaban J connectivity index is 1.15. The molecule has 1 aromatic heterocycles. The molecule has 11 heteroatoms. The van der Waals surface area contributed by atoms with Crippen LogP contribution in [-0.4, -0.2) is 85.0 Å². The van der Waals surface area contributed by atoms with Gasteiger partial charge in [0, 0.05) is 49.9 Å². The summed E-state index contributed by atoms with van der Waals surface area (Å²) in [5.74, 6) is 1.69. The van der Waals surface area contributed by atoms with Gasteiger partial charge in [0.1, 0.15) is 18.2 Å². The van der Waals surface area contributed by atoms with Gasteiger partial charge in [-0.2, -0.15) is 0 Å². The van der Waals surface area contributed by atoms with Crippen molar-refractivity contribution < 1.29 is 22.7 Å². The molecular weight excluding hydrogens is 578 g/mol. The highest BCUT2D eigenvalue weighted by Crippen LogP contribution is 2.38. The smallest absolute Gasteiger partial charge is 0.226 e. The van der Waals surface area contributed by atoms with E-state index in [4.69, 9.17) is 9.72 Å². The largest absolute Gasteiger partial charge is 0.491 e. The molecular formula is C33H47N5O5S. The van der Waals surface area contributed by atoms with Crippen LogP contribution >= 0.6 is 0 Å². The monoisotopic (exact) mass is 625 g/mol. The first-order valence-corrected chi connectivity index (χ1v) is 18.0. The molecule has 10 nitrogen and oxygen atoms in total. The third-order valence-corrected chi connectivity index (χ3v) is 10.8. The summed E-state index contributed by atoms with van der Waals surface area (Å²) in [4.78, 5) is 38.1. The molecule has 1 unspecified atom stereocenters. The summed E-state index contributed by atoms with van der Waals surface area (Å²) in [5, 5.41) is 3.13. The summed E-state index contributed by atoms with van der Waals surface area (Å²) in [6.07, 6.45) is 9.96. The summed E-state index contributed by atoms with van der Waals surface area (Å²) in [7, 11) is -3.26. The van der Waals surface area contributed by atoms with Gasteiger partial charge in [0.25, 0.3) is 0 Å². The summed E-state index contributed by atoms with van der Waals surface area (Å²) < 4.78 is 31.7. The Labute approximate surface area is 262 Å². The van der Waals surface area contributed by atoms with Crippen LogP contribution in [0.2, 0.25) is 0 Å². The fourth-order valence-corrected chi connectivity index (χ4v) is 7.82. The summed E-state index contributed by atoms with van der Waals surface area (Å²) in [6, 6.07) is 10.1. The van der Waals surface area contributed by atoms with Gasteiger partial charge in [-0.1, -0.05) is 31.0 Å². The molecule has 1 atom stereocenters. The van der Waals surface area contributed by atoms with Crippen molar-refractivity contribution in [3.8, 4) is 5.75 Å². The first kappa shape index (κ1) is 32.3. The van der Waals surface area contributed by atoms with Crippen LogP contribution in [0.1, 0.15) is 86.5 Å². The number of rotatable bonds is 5. The molecule has 2 aromatic rings. The highest BCUT2D eigenvalue weighted by atomic mass is 32.2. The van der Waals surface area contributed by atoms with Crippen molar-refractivity contribution in [1.29, 1.82) is 0 Å². The van der Waals surface area contributed by atoms with Gasteiger partial charge in [-0.15, -0.1) is 0 Å². The molecule has 3 aliphatic heterocycles. The third-order valence-electron chi connectivity index (χ3n) is 9.51. The first-order chi connectivity index (χ1) is 21.1. The molecule has 1 spiro atoms. The van der Waals surface area contributed by atoms with Crippen LogP contribution in [0.3, 0.4) is 0 Å². The van der Waals surface area contributed by atoms with Crippen LogP contribution in [-0.2, 0) is 32.5 Å². The van der Waals surface area contributed by atoms with Crippen LogP contribution in [0.15, 0.2) is 30.3 Å². The second-order valence-electron chi connectivity index (χ2n) is 12.8. The lowest BCUT2D eigenvalue weighted by Crippen LogP contribution is -2.50. The average Bonchev–Trinajstić information content (AvgIpc) is 3.02. The molecule has 2 amide bonds. The number of hydrogen-bond donors (Lipinski definition) is 1. The predicted octanol–water partition coefficient (Wildman–Crippen LogP) is 3.78. The number of benzene rings is 1. The Hall–Kier alpha value is -3.05. The molecule has 0 radical (unpaired) electrons. The molecule has 2 saturated heterocycles. The second kappa shape index (κ2) is 14.4. The summed E-state index contributed by atoms with van der Waals surface area (Å²) in [6.45, 7) is 4.89. The number of fused-ring (bicyclic) bond motifs is 1. The summed E-state index contributed by atoms with van der Waals surface area (Å²) >= 11 is 0. The van der Waals surface area contributed by atoms with Gasteiger partial charge in [0.15, 0.2) is 0 Å². The standard InChI is InChI=1S/C33H47N5O5S/c1-25-23-28(36-31(35-25)27-11-8-19-38(24-27)44(2,41)42)13-14-30(39)37-20-16-33(17-21-37)15-7-3-4-9-26-10-5-6-12-29(26)43-22-18-34-32(33)40/h5-6,10,12,23,27H,3-4,7-9,11,13-22,24H2,1-2H3,(H,34,40). The molecule has 1 N–H and O–H groups in total. The van der Waals surface area contributed by atoms with E-state index >= 15 is 0 Å². The van der Waals surface area contributed by atoms with E-state index in [9.17, 15) is 18.0 Å². The van der Waals surface area contributed by atoms with E-state index in [0.29, 0.717) is 70.8 Å². The lowest BCUT2D eigenvalue weighted by molar-refractivity contribution is -0.141. The van der Waals surface area contributed by atoms with E-state index < -0.39 is 15.4 Å². The Bertz CT molecular complexity index is 1420. The predicted molar refractivity (Wildman–Crippen MR) is 169 cm³/mol. The van der Waals surface area contributed by atoms with E-state index in [1.54, 1.807) is 0 Å². The maximum Gasteiger partial charge on any atom is 0.226 e. The zero-order chi connectivity index (χ0) is 31.2. The first-order valence-electron chi connectivity index (χ1n) is 16.2. The van der Waals surface area contributed by atoms with E-state index in [1.165, 1.54) is 16.1 Å². The Kier molecular flexibility index (Phi) is 10.6. The molecule has 1 aromatic carbocycles. The maximum atomic E-state index is 13.5. The van der Waals surface area contributed by atoms with Crippen LogP contribution < -0.4 is 10.1 Å². The number of nitrogens with zero attached hydrogens (tertiary/aromatic N) is 4. The Morgan fingerprint density at radius 2 is 1.86 bits per heavy atom. The number of aryl methyl sites for hydroxylation is 3. The van der Waals surface area contributed by atoms with Gasteiger partial charge < -0.3 is 15.0 Å². The van der Waals surface area contributed by atoms with Gasteiger partial charge >= 0.3 is 0 Å². The number of sulfonamides is 1. The minimum atomic E-state index is -3.26. The van der Waals surface area contributed by atoms with Crippen molar-refractivity contribution in [1.82, 2.24) is 24.5 Å². The van der Waals surface area contributed by atoms with Gasteiger partial charge in [-0.05, 0) is 76.0 Å². The van der Waals surface area contributed by atoms with Crippen LogP contribution in [0.4, 0.5) is 0 Å². The fraction of sp³-hybridized carbons (Fsp3) is 0.636. The van der Waals surface area contributed by atoms with Gasteiger partial charge in [0.2, 0.25) is 21.8 Å². The zero-order valence-electron chi connectivity index (χ0n) is 26.2. The van der Waals surface area contributed by atoms with Crippen molar-refractivity contribution in [3.63, 3.8) is 0 Å². The maximum absolute atomic E-state index is 13.5. The molecule has 5 rings (SSSR count). The number of carbonyl (C=O) groups is 2. The quantitative estimate of drug-likeness (QED) is 0.537. The molecule has 3 aliphatic rings. The molecule has 0 aliphatic carbocycles. The number of likely N-dealkylation sites (tertiary alicyclic amines) is 1. The molecule has 4 heterocycles. The second-order valence-corrected chi connectivity index (χ2v) is 14.7. The average molecular weight is 626 g/mol. The number of para-hydroxylation sites is 1. The van der Waals surface area contributed by atoms with Gasteiger partial charge in [-0.25, -0.2) is 22.7 Å². The number of aromatic nitrogens is 2. The Morgan fingerprint density at radius 3 is 2.66 bits per heavy atom. The normalized spacial score (nSPS) is 22.1. The number of amides is 2. The van der Waals surface area contributed by atoms with E-state index in [0.717, 1.165) is 62.1 Å². The minimum Gasteiger partial charge on any atom is -0.491 e. The van der Waals surface area contributed by atoms with Gasteiger partial charge in [-0.3, -0.25) is 9.59 Å². The molecule has 44 heavy (non-hydrogen) atoms. The number of carbonyl (C=O) groups excluding carboxylic acids is 2. The summed E-state index contributed by atoms with van der Waals surface area (Å²) in [5.41, 5.74) is 2.41. The molecule has 240 valence electrons. The number of nitrogens with one attached hydrogen (secondary N) is 1. The third kappa shape index (κ3) is 8.15. The molecule has 0 saturated carbocycles. The van der Waals surface area contributed by atoms with Crippen LogP contribution in [0.25, 0.3) is 0 Å². The lowest BCUT2D eigenvalue weighted by Gasteiger charge is -2.41. The van der Waals surface area contributed by atoms with E-state index in [2.05, 4.69) is 16.4 Å². The zero-order valence-corrected chi connectivity index (χ0v) is 27.0. The minimum absolute atomic E-state index is 0.0468. The van der Waals surface area contributed by atoms with Crippen molar-refractivity contribution in [2.75, 3.05) is 45.6 Å². The fourth-order valence-electron chi connectivity index (χ4n) is 6.91. The van der Waals surface area contributed by atoms with Crippen molar-refractivity contribution in [3.05, 3.63) is 53.1 Å². The number of hydrogen-bond acceptors (Lipinski definition) is 7. The Morgan fingerprint density at radius 1 is 1.07 bits per heavy atom. The van der Waals surface area contributed by atoms with Crippen LogP contribution in [0.5, 0.6) is 5.75 Å². The highest BCUT2D eigenvalue weighted by Gasteiger charge is 2.41. The molecule has 0 bridgehead atoms. The lowest BCUT2D eigenvalue weighted by atomic mass is 9.73. The number of piperidine rings is 2. The number of ether oxygens (including phenoxy) is 1.